The SMILES string of the molecule is COc1ccc(C(=O)N[C@@H]2CCCC2(C)C)cc1S(=O)(=O)NC1CC1. The molecule has 2 aliphatic rings. The van der Waals surface area contributed by atoms with Crippen molar-refractivity contribution in [3.63, 3.8) is 0 Å². The second-order valence-corrected chi connectivity index (χ2v) is 9.35. The minimum absolute atomic E-state index is 0.00789. The van der Waals surface area contributed by atoms with E-state index in [1.54, 1.807) is 6.07 Å². The molecule has 0 aliphatic heterocycles. The fraction of sp³-hybridized carbons (Fsp3) is 0.611. The van der Waals surface area contributed by atoms with E-state index in [9.17, 15) is 13.2 Å². The summed E-state index contributed by atoms with van der Waals surface area (Å²) in [6, 6.07) is 4.64. The third-order valence-electron chi connectivity index (χ3n) is 5.18. The Balaban J connectivity index is 1.84. The molecule has 25 heavy (non-hydrogen) atoms. The Bertz CT molecular complexity index is 769. The summed E-state index contributed by atoms with van der Waals surface area (Å²) in [5.74, 6) is -0.00334. The Morgan fingerprint density at radius 1 is 1.24 bits per heavy atom. The van der Waals surface area contributed by atoms with Crippen molar-refractivity contribution in [1.29, 1.82) is 0 Å². The van der Waals surface area contributed by atoms with Gasteiger partial charge in [0.15, 0.2) is 0 Å². The number of rotatable bonds is 6. The first-order valence-corrected chi connectivity index (χ1v) is 10.2. The highest BCUT2D eigenvalue weighted by Crippen LogP contribution is 2.37. The minimum Gasteiger partial charge on any atom is -0.495 e. The third kappa shape index (κ3) is 3.98. The second-order valence-electron chi connectivity index (χ2n) is 7.67. The predicted octanol–water partition coefficient (Wildman–Crippen LogP) is 2.44. The van der Waals surface area contributed by atoms with Gasteiger partial charge in [0, 0.05) is 17.6 Å². The van der Waals surface area contributed by atoms with Gasteiger partial charge in [-0.2, -0.15) is 0 Å². The molecule has 0 bridgehead atoms. The van der Waals surface area contributed by atoms with Crippen molar-refractivity contribution >= 4 is 15.9 Å². The highest BCUT2D eigenvalue weighted by Gasteiger charge is 2.36. The van der Waals surface area contributed by atoms with Gasteiger partial charge in [-0.15, -0.1) is 0 Å². The average Bonchev–Trinajstić information content (AvgIpc) is 3.29. The van der Waals surface area contributed by atoms with Crippen molar-refractivity contribution in [2.24, 2.45) is 5.41 Å². The fourth-order valence-corrected chi connectivity index (χ4v) is 4.85. The standard InChI is InChI=1S/C18H26N2O4S/c1-18(2)10-4-5-16(18)19-17(21)12-6-9-14(24-3)15(11-12)25(22,23)20-13-7-8-13/h6,9,11,13,16,20H,4-5,7-8,10H2,1-3H3,(H,19,21)/t16-/m1/s1. The van der Waals surface area contributed by atoms with E-state index in [0.717, 1.165) is 32.1 Å². The molecule has 3 rings (SSSR count). The number of methoxy groups -OCH3 is 1. The van der Waals surface area contributed by atoms with Crippen LogP contribution in [0.15, 0.2) is 23.1 Å². The molecule has 2 aliphatic carbocycles. The van der Waals surface area contributed by atoms with Crippen LogP contribution in [-0.2, 0) is 10.0 Å². The number of ether oxygens (including phenoxy) is 1. The third-order valence-corrected chi connectivity index (χ3v) is 6.72. The Labute approximate surface area is 149 Å². The van der Waals surface area contributed by atoms with E-state index in [1.165, 1.54) is 19.2 Å². The van der Waals surface area contributed by atoms with E-state index in [0.29, 0.717) is 5.56 Å². The molecule has 0 saturated heterocycles. The normalized spacial score (nSPS) is 22.6. The molecule has 0 heterocycles. The van der Waals surface area contributed by atoms with Crippen LogP contribution in [0.4, 0.5) is 0 Å². The van der Waals surface area contributed by atoms with Gasteiger partial charge in [-0.3, -0.25) is 4.79 Å². The van der Waals surface area contributed by atoms with Crippen LogP contribution < -0.4 is 14.8 Å². The van der Waals surface area contributed by atoms with E-state index in [4.69, 9.17) is 4.74 Å². The van der Waals surface area contributed by atoms with Crippen LogP contribution >= 0.6 is 0 Å². The van der Waals surface area contributed by atoms with Gasteiger partial charge in [0.1, 0.15) is 10.6 Å². The molecule has 1 amide bonds. The van der Waals surface area contributed by atoms with Crippen LogP contribution in [0.25, 0.3) is 0 Å². The predicted molar refractivity (Wildman–Crippen MR) is 95.2 cm³/mol. The molecule has 0 radical (unpaired) electrons. The first-order chi connectivity index (χ1) is 11.7. The largest absolute Gasteiger partial charge is 0.495 e. The van der Waals surface area contributed by atoms with Crippen LogP contribution in [0.1, 0.15) is 56.3 Å². The maximum absolute atomic E-state index is 12.6. The second kappa shape index (κ2) is 6.61. The molecular formula is C18H26N2O4S. The summed E-state index contributed by atoms with van der Waals surface area (Å²) in [4.78, 5) is 12.6. The van der Waals surface area contributed by atoms with Gasteiger partial charge in [-0.1, -0.05) is 20.3 Å². The minimum atomic E-state index is -3.70. The van der Waals surface area contributed by atoms with E-state index in [1.807, 2.05) is 0 Å². The van der Waals surface area contributed by atoms with Gasteiger partial charge >= 0.3 is 0 Å². The summed E-state index contributed by atoms with van der Waals surface area (Å²) in [6.45, 7) is 4.29. The zero-order valence-corrected chi connectivity index (χ0v) is 15.8. The first kappa shape index (κ1) is 18.2. The molecule has 1 aromatic carbocycles. The Kier molecular flexibility index (Phi) is 4.81. The van der Waals surface area contributed by atoms with Gasteiger partial charge in [-0.25, -0.2) is 13.1 Å². The van der Waals surface area contributed by atoms with Crippen molar-refractivity contribution in [3.8, 4) is 5.75 Å². The van der Waals surface area contributed by atoms with Gasteiger partial charge < -0.3 is 10.1 Å². The van der Waals surface area contributed by atoms with Gasteiger partial charge in [0.25, 0.3) is 5.91 Å². The maximum Gasteiger partial charge on any atom is 0.251 e. The lowest BCUT2D eigenvalue weighted by atomic mass is 9.87. The zero-order chi connectivity index (χ0) is 18.2. The van der Waals surface area contributed by atoms with Crippen molar-refractivity contribution in [1.82, 2.24) is 10.0 Å². The lowest BCUT2D eigenvalue weighted by Gasteiger charge is -2.27. The Morgan fingerprint density at radius 2 is 1.96 bits per heavy atom. The van der Waals surface area contributed by atoms with Crippen molar-refractivity contribution in [2.75, 3.05) is 7.11 Å². The molecule has 7 heteroatoms. The number of carbonyl (C=O) groups excluding carboxylic acids is 1. The molecule has 2 N–H and O–H groups in total. The highest BCUT2D eigenvalue weighted by molar-refractivity contribution is 7.89. The van der Waals surface area contributed by atoms with Crippen molar-refractivity contribution in [2.45, 2.75) is 62.9 Å². The number of benzene rings is 1. The van der Waals surface area contributed by atoms with Crippen LogP contribution in [0, 0.1) is 5.41 Å². The summed E-state index contributed by atoms with van der Waals surface area (Å²) < 4.78 is 32.9. The van der Waals surface area contributed by atoms with Crippen LogP contribution in [0.3, 0.4) is 0 Å². The first-order valence-electron chi connectivity index (χ1n) is 8.74. The summed E-state index contributed by atoms with van der Waals surface area (Å²) >= 11 is 0. The zero-order valence-electron chi connectivity index (χ0n) is 15.0. The molecule has 2 saturated carbocycles. The topological polar surface area (TPSA) is 84.5 Å². The fourth-order valence-electron chi connectivity index (χ4n) is 3.35. The molecular weight excluding hydrogens is 340 g/mol. The summed E-state index contributed by atoms with van der Waals surface area (Å²) in [6.07, 6.45) is 4.80. The lowest BCUT2D eigenvalue weighted by Crippen LogP contribution is -2.41. The van der Waals surface area contributed by atoms with Crippen molar-refractivity contribution in [3.05, 3.63) is 23.8 Å². The number of nitrogens with one attached hydrogen (secondary N) is 2. The number of hydrogen-bond acceptors (Lipinski definition) is 4. The monoisotopic (exact) mass is 366 g/mol. The van der Waals surface area contributed by atoms with Crippen LogP contribution in [-0.4, -0.2) is 33.5 Å². The molecule has 1 atom stereocenters. The number of carbonyl (C=O) groups is 1. The summed E-state index contributed by atoms with van der Waals surface area (Å²) in [5, 5.41) is 3.06. The highest BCUT2D eigenvalue weighted by atomic mass is 32.2. The van der Waals surface area contributed by atoms with E-state index in [2.05, 4.69) is 23.9 Å². The van der Waals surface area contributed by atoms with Gasteiger partial charge in [-0.05, 0) is 49.3 Å². The Morgan fingerprint density at radius 3 is 2.52 bits per heavy atom. The van der Waals surface area contributed by atoms with Gasteiger partial charge in [0.05, 0.1) is 7.11 Å². The van der Waals surface area contributed by atoms with E-state index >= 15 is 0 Å². The molecule has 2 fully saturated rings. The number of amides is 1. The van der Waals surface area contributed by atoms with Crippen molar-refractivity contribution < 1.29 is 17.9 Å². The average molecular weight is 366 g/mol. The lowest BCUT2D eigenvalue weighted by molar-refractivity contribution is 0.0909. The number of hydrogen-bond donors (Lipinski definition) is 2. The van der Waals surface area contributed by atoms with E-state index in [-0.39, 0.29) is 34.1 Å². The molecule has 1 aromatic rings. The molecule has 0 aromatic heterocycles. The molecule has 0 unspecified atom stereocenters. The summed E-state index contributed by atoms with van der Waals surface area (Å²) in [7, 11) is -2.28. The smallest absolute Gasteiger partial charge is 0.251 e. The maximum atomic E-state index is 12.6. The van der Waals surface area contributed by atoms with Gasteiger partial charge in [0.2, 0.25) is 10.0 Å². The quantitative estimate of drug-likeness (QED) is 0.810. The van der Waals surface area contributed by atoms with Crippen LogP contribution in [0.5, 0.6) is 5.75 Å². The van der Waals surface area contributed by atoms with Crippen LogP contribution in [0.2, 0.25) is 0 Å². The molecule has 6 nitrogen and oxygen atoms in total. The molecule has 138 valence electrons. The summed E-state index contributed by atoms with van der Waals surface area (Å²) in [5.41, 5.74) is 0.393. The number of sulfonamides is 1. The Hall–Kier alpha value is -1.60. The van der Waals surface area contributed by atoms with E-state index < -0.39 is 10.0 Å². The molecule has 0 spiro atoms.